The van der Waals surface area contributed by atoms with Gasteiger partial charge < -0.3 is 16.0 Å². The van der Waals surface area contributed by atoms with E-state index in [9.17, 15) is 13.2 Å². The fourth-order valence-electron chi connectivity index (χ4n) is 1.68. The summed E-state index contributed by atoms with van der Waals surface area (Å²) in [7, 11) is -0.877. The molecule has 0 fully saturated rings. The second-order valence-corrected chi connectivity index (χ2v) is 7.30. The Labute approximate surface area is 129 Å². The zero-order valence-corrected chi connectivity index (χ0v) is 14.2. The van der Waals surface area contributed by atoms with Crippen molar-refractivity contribution in [1.82, 2.24) is 13.6 Å². The van der Waals surface area contributed by atoms with E-state index in [1.54, 1.807) is 4.90 Å². The summed E-state index contributed by atoms with van der Waals surface area (Å²) in [6.07, 6.45) is 0. The number of likely N-dealkylation sites (N-methyl/N-ethyl adjacent to an activating group) is 1. The van der Waals surface area contributed by atoms with Crippen LogP contribution in [0.5, 0.6) is 0 Å². The number of hydrogen-bond acceptors (Lipinski definition) is 7. The molecule has 21 heavy (non-hydrogen) atoms. The average Bonchev–Trinajstić information content (AvgIpc) is 2.79. The maximum atomic E-state index is 12.2. The first-order chi connectivity index (χ1) is 9.75. The van der Waals surface area contributed by atoms with Gasteiger partial charge in [-0.3, -0.25) is 4.79 Å². The molecular formula is C11H21N5O3S2. The van der Waals surface area contributed by atoms with Crippen molar-refractivity contribution in [3.63, 3.8) is 0 Å². The molecule has 8 nitrogen and oxygen atoms in total. The lowest BCUT2D eigenvalue weighted by Crippen LogP contribution is -2.35. The molecule has 120 valence electrons. The number of nitrogens with one attached hydrogen (secondary N) is 1. The van der Waals surface area contributed by atoms with E-state index >= 15 is 0 Å². The van der Waals surface area contributed by atoms with Gasteiger partial charge in [0.2, 0.25) is 15.9 Å². The molecule has 0 spiro atoms. The van der Waals surface area contributed by atoms with E-state index in [0.717, 1.165) is 15.8 Å². The van der Waals surface area contributed by atoms with Crippen LogP contribution >= 0.6 is 11.5 Å². The van der Waals surface area contributed by atoms with Gasteiger partial charge in [0.15, 0.2) is 10.7 Å². The van der Waals surface area contributed by atoms with Crippen LogP contribution in [0.15, 0.2) is 4.90 Å². The van der Waals surface area contributed by atoms with E-state index in [4.69, 9.17) is 5.73 Å². The molecule has 0 atom stereocenters. The van der Waals surface area contributed by atoms with Gasteiger partial charge in [-0.2, -0.15) is 4.37 Å². The Morgan fingerprint density at radius 1 is 1.33 bits per heavy atom. The first-order valence-corrected chi connectivity index (χ1v) is 8.66. The lowest BCUT2D eigenvalue weighted by Gasteiger charge is -2.19. The number of sulfonamides is 1. The van der Waals surface area contributed by atoms with E-state index in [0.29, 0.717) is 13.1 Å². The maximum absolute atomic E-state index is 12.2. The molecule has 10 heteroatoms. The third kappa shape index (κ3) is 3.83. The van der Waals surface area contributed by atoms with Crippen LogP contribution in [-0.4, -0.2) is 61.6 Å². The minimum Gasteiger partial charge on any atom is -0.382 e. The monoisotopic (exact) mass is 335 g/mol. The standard InChI is InChI=1S/C11H21N5O3S2/c1-5-16(6-2)8(17)7-13-11-9(10(12)14-20-11)21(18,19)15(3)4/h13H,5-7H2,1-4H3,(H2,12,14). The van der Waals surface area contributed by atoms with Crippen molar-refractivity contribution < 1.29 is 13.2 Å². The third-order valence-corrected chi connectivity index (χ3v) is 5.77. The van der Waals surface area contributed by atoms with Crippen LogP contribution in [0.4, 0.5) is 10.8 Å². The first-order valence-electron chi connectivity index (χ1n) is 6.44. The summed E-state index contributed by atoms with van der Waals surface area (Å²) >= 11 is 0.927. The molecule has 0 aliphatic rings. The second-order valence-electron chi connectivity index (χ2n) is 4.43. The highest BCUT2D eigenvalue weighted by molar-refractivity contribution is 7.89. The number of carbonyl (C=O) groups excluding carboxylic acids is 1. The van der Waals surface area contributed by atoms with Crippen molar-refractivity contribution >= 4 is 38.3 Å². The number of aromatic nitrogens is 1. The molecule has 0 bridgehead atoms. The molecule has 0 aromatic carbocycles. The minimum atomic E-state index is -3.71. The predicted molar refractivity (Wildman–Crippen MR) is 83.8 cm³/mol. The van der Waals surface area contributed by atoms with Crippen molar-refractivity contribution in [1.29, 1.82) is 0 Å². The van der Waals surface area contributed by atoms with Crippen LogP contribution in [-0.2, 0) is 14.8 Å². The number of carbonyl (C=O) groups is 1. The first kappa shape index (κ1) is 17.7. The quantitative estimate of drug-likeness (QED) is 0.740. The highest BCUT2D eigenvalue weighted by atomic mass is 32.2. The van der Waals surface area contributed by atoms with Gasteiger partial charge in [0.25, 0.3) is 0 Å². The van der Waals surface area contributed by atoms with Crippen LogP contribution in [0, 0.1) is 0 Å². The van der Waals surface area contributed by atoms with Crippen molar-refractivity contribution in [2.45, 2.75) is 18.7 Å². The number of hydrogen-bond donors (Lipinski definition) is 2. The second kappa shape index (κ2) is 7.05. The summed E-state index contributed by atoms with van der Waals surface area (Å²) in [4.78, 5) is 13.5. The Balaban J connectivity index is 2.95. The number of nitrogens with zero attached hydrogens (tertiary/aromatic N) is 3. The molecule has 0 aliphatic heterocycles. The average molecular weight is 335 g/mol. The molecule has 0 saturated heterocycles. The van der Waals surface area contributed by atoms with Gasteiger partial charge in [0.05, 0.1) is 6.54 Å². The summed E-state index contributed by atoms with van der Waals surface area (Å²) in [5.74, 6) is -0.174. The fraction of sp³-hybridized carbons (Fsp3) is 0.636. The van der Waals surface area contributed by atoms with Crippen LogP contribution in [0.2, 0.25) is 0 Å². The van der Waals surface area contributed by atoms with E-state index in [1.165, 1.54) is 14.1 Å². The van der Waals surface area contributed by atoms with E-state index in [2.05, 4.69) is 9.69 Å². The summed E-state index contributed by atoms with van der Waals surface area (Å²) in [5, 5.41) is 3.10. The van der Waals surface area contributed by atoms with Crippen molar-refractivity contribution in [3.8, 4) is 0 Å². The number of nitrogen functional groups attached to an aromatic ring is 1. The van der Waals surface area contributed by atoms with Crippen molar-refractivity contribution in [3.05, 3.63) is 0 Å². The normalized spacial score (nSPS) is 11.7. The number of amides is 1. The summed E-state index contributed by atoms with van der Waals surface area (Å²) in [5.41, 5.74) is 5.64. The van der Waals surface area contributed by atoms with Crippen LogP contribution in [0.25, 0.3) is 0 Å². The Morgan fingerprint density at radius 3 is 2.38 bits per heavy atom. The molecule has 1 amide bonds. The molecular weight excluding hydrogens is 314 g/mol. The zero-order chi connectivity index (χ0) is 16.2. The lowest BCUT2D eigenvalue weighted by atomic mass is 10.4. The highest BCUT2D eigenvalue weighted by Crippen LogP contribution is 2.32. The Hall–Kier alpha value is -1.39. The fourth-order valence-corrected chi connectivity index (χ4v) is 3.75. The van der Waals surface area contributed by atoms with Crippen LogP contribution < -0.4 is 11.1 Å². The number of rotatable bonds is 7. The largest absolute Gasteiger partial charge is 0.382 e. The van der Waals surface area contributed by atoms with Gasteiger partial charge in [-0.25, -0.2) is 12.7 Å². The van der Waals surface area contributed by atoms with Crippen molar-refractivity contribution in [2.75, 3.05) is 44.8 Å². The topological polar surface area (TPSA) is 109 Å². The molecule has 0 radical (unpaired) electrons. The maximum Gasteiger partial charge on any atom is 0.249 e. The Kier molecular flexibility index (Phi) is 5.93. The summed E-state index contributed by atoms with van der Waals surface area (Å²) < 4.78 is 29.3. The van der Waals surface area contributed by atoms with Gasteiger partial charge in [-0.05, 0) is 25.4 Å². The molecule has 1 aromatic heterocycles. The number of anilines is 2. The van der Waals surface area contributed by atoms with E-state index in [-0.39, 0.29) is 28.2 Å². The van der Waals surface area contributed by atoms with Gasteiger partial charge in [0, 0.05) is 27.2 Å². The molecule has 0 aliphatic carbocycles. The number of nitrogens with two attached hydrogens (primary N) is 1. The smallest absolute Gasteiger partial charge is 0.249 e. The van der Waals surface area contributed by atoms with E-state index < -0.39 is 10.0 Å². The summed E-state index contributed by atoms with van der Waals surface area (Å²) in [6, 6.07) is 0. The highest BCUT2D eigenvalue weighted by Gasteiger charge is 2.28. The predicted octanol–water partition coefficient (Wildman–Crippen LogP) is 0.256. The molecule has 1 aromatic rings. The Bertz CT molecular complexity index is 593. The van der Waals surface area contributed by atoms with Crippen LogP contribution in [0.3, 0.4) is 0 Å². The SMILES string of the molecule is CCN(CC)C(=O)CNc1snc(N)c1S(=O)(=O)N(C)C. The lowest BCUT2D eigenvalue weighted by molar-refractivity contribution is -0.128. The van der Waals surface area contributed by atoms with Gasteiger partial charge in [-0.1, -0.05) is 0 Å². The Morgan fingerprint density at radius 2 is 1.90 bits per heavy atom. The van der Waals surface area contributed by atoms with Gasteiger partial charge >= 0.3 is 0 Å². The van der Waals surface area contributed by atoms with E-state index in [1.807, 2.05) is 13.8 Å². The van der Waals surface area contributed by atoms with Gasteiger partial charge in [-0.15, -0.1) is 0 Å². The minimum absolute atomic E-state index is 0.000732. The van der Waals surface area contributed by atoms with Crippen molar-refractivity contribution in [2.24, 2.45) is 0 Å². The van der Waals surface area contributed by atoms with Gasteiger partial charge in [0.1, 0.15) is 5.00 Å². The molecule has 0 unspecified atom stereocenters. The molecule has 1 rings (SSSR count). The molecule has 3 N–H and O–H groups in total. The third-order valence-electron chi connectivity index (χ3n) is 2.93. The molecule has 1 heterocycles. The molecule has 0 saturated carbocycles. The van der Waals surface area contributed by atoms with Crippen LogP contribution in [0.1, 0.15) is 13.8 Å². The summed E-state index contributed by atoms with van der Waals surface area (Å²) in [6.45, 7) is 4.97. The zero-order valence-electron chi connectivity index (χ0n) is 12.6.